The molecule has 0 N–H and O–H groups in total. The number of hydrogen-bond donors (Lipinski definition) is 0. The van der Waals surface area contributed by atoms with Crippen molar-refractivity contribution in [1.29, 1.82) is 0 Å². The SMILES string of the molecule is CCCOc1ccccc1-c1cccc(OC2CCCC2)c1. The molecule has 0 radical (unpaired) electrons. The van der Waals surface area contributed by atoms with Crippen LogP contribution in [0.2, 0.25) is 0 Å². The minimum atomic E-state index is 0.391. The smallest absolute Gasteiger partial charge is 0.127 e. The van der Waals surface area contributed by atoms with Crippen molar-refractivity contribution in [2.45, 2.75) is 45.1 Å². The van der Waals surface area contributed by atoms with E-state index in [1.807, 2.05) is 12.1 Å². The van der Waals surface area contributed by atoms with Gasteiger partial charge in [0.05, 0.1) is 12.7 Å². The number of ether oxygens (including phenoxy) is 2. The summed E-state index contributed by atoms with van der Waals surface area (Å²) in [4.78, 5) is 0. The molecule has 22 heavy (non-hydrogen) atoms. The molecule has 0 bridgehead atoms. The molecule has 1 saturated carbocycles. The van der Waals surface area contributed by atoms with Crippen LogP contribution in [0.15, 0.2) is 48.5 Å². The third-order valence-corrected chi connectivity index (χ3v) is 4.10. The summed E-state index contributed by atoms with van der Waals surface area (Å²) >= 11 is 0. The van der Waals surface area contributed by atoms with Crippen LogP contribution in [0.25, 0.3) is 11.1 Å². The number of rotatable bonds is 6. The molecule has 0 atom stereocenters. The molecule has 0 aromatic heterocycles. The highest BCUT2D eigenvalue weighted by atomic mass is 16.5. The Balaban J connectivity index is 1.82. The van der Waals surface area contributed by atoms with Crippen LogP contribution < -0.4 is 9.47 Å². The van der Waals surface area contributed by atoms with E-state index in [4.69, 9.17) is 9.47 Å². The molecule has 1 aliphatic carbocycles. The first-order valence-corrected chi connectivity index (χ1v) is 8.35. The molecule has 3 rings (SSSR count). The molecule has 0 unspecified atom stereocenters. The van der Waals surface area contributed by atoms with E-state index in [0.29, 0.717) is 6.10 Å². The van der Waals surface area contributed by atoms with E-state index in [1.54, 1.807) is 0 Å². The minimum absolute atomic E-state index is 0.391. The maximum atomic E-state index is 6.12. The molecule has 2 nitrogen and oxygen atoms in total. The molecule has 2 heteroatoms. The van der Waals surface area contributed by atoms with Gasteiger partial charge in [-0.15, -0.1) is 0 Å². The van der Waals surface area contributed by atoms with E-state index >= 15 is 0 Å². The second-order valence-corrected chi connectivity index (χ2v) is 5.90. The molecule has 0 aliphatic heterocycles. The van der Waals surface area contributed by atoms with E-state index in [-0.39, 0.29) is 0 Å². The molecular weight excluding hydrogens is 272 g/mol. The van der Waals surface area contributed by atoms with Gasteiger partial charge in [-0.1, -0.05) is 37.3 Å². The molecule has 1 fully saturated rings. The average Bonchev–Trinajstić information content (AvgIpc) is 3.06. The number of benzene rings is 2. The third-order valence-electron chi connectivity index (χ3n) is 4.10. The highest BCUT2D eigenvalue weighted by molar-refractivity contribution is 5.71. The standard InChI is InChI=1S/C20H24O2/c1-2-14-21-20-13-6-5-12-19(20)16-8-7-11-18(15-16)22-17-9-3-4-10-17/h5-8,11-13,15,17H,2-4,9-10,14H2,1H3. The van der Waals surface area contributed by atoms with Gasteiger partial charge in [0.2, 0.25) is 0 Å². The van der Waals surface area contributed by atoms with Crippen molar-refractivity contribution in [2.24, 2.45) is 0 Å². The third kappa shape index (κ3) is 3.62. The van der Waals surface area contributed by atoms with Crippen molar-refractivity contribution in [1.82, 2.24) is 0 Å². The van der Waals surface area contributed by atoms with Crippen molar-refractivity contribution >= 4 is 0 Å². The van der Waals surface area contributed by atoms with Gasteiger partial charge in [-0.25, -0.2) is 0 Å². The Hall–Kier alpha value is -1.96. The van der Waals surface area contributed by atoms with Gasteiger partial charge in [0.1, 0.15) is 11.5 Å². The molecule has 2 aromatic rings. The molecule has 116 valence electrons. The van der Waals surface area contributed by atoms with E-state index in [2.05, 4.69) is 43.3 Å². The lowest BCUT2D eigenvalue weighted by Gasteiger charge is -2.15. The molecule has 0 heterocycles. The summed E-state index contributed by atoms with van der Waals surface area (Å²) < 4.78 is 12.0. The average molecular weight is 296 g/mol. The summed E-state index contributed by atoms with van der Waals surface area (Å²) in [6.07, 6.45) is 6.35. The van der Waals surface area contributed by atoms with Crippen LogP contribution in [-0.2, 0) is 0 Å². The predicted molar refractivity (Wildman–Crippen MR) is 90.5 cm³/mol. The highest BCUT2D eigenvalue weighted by Gasteiger charge is 2.16. The maximum absolute atomic E-state index is 6.12. The van der Waals surface area contributed by atoms with Gasteiger partial charge in [0.15, 0.2) is 0 Å². The first kappa shape index (κ1) is 15.0. The largest absolute Gasteiger partial charge is 0.493 e. The lowest BCUT2D eigenvalue weighted by atomic mass is 10.0. The monoisotopic (exact) mass is 296 g/mol. The van der Waals surface area contributed by atoms with Crippen LogP contribution in [0, 0.1) is 0 Å². The van der Waals surface area contributed by atoms with Crippen LogP contribution in [0.5, 0.6) is 11.5 Å². The summed E-state index contributed by atoms with van der Waals surface area (Å²) in [5.74, 6) is 1.91. The van der Waals surface area contributed by atoms with Gasteiger partial charge < -0.3 is 9.47 Å². The normalized spacial score (nSPS) is 15.0. The second kappa shape index (κ2) is 7.35. The van der Waals surface area contributed by atoms with Crippen LogP contribution in [0.1, 0.15) is 39.0 Å². The Labute approximate surface area is 133 Å². The Morgan fingerprint density at radius 3 is 2.64 bits per heavy atom. The molecule has 0 amide bonds. The van der Waals surface area contributed by atoms with E-state index in [9.17, 15) is 0 Å². The van der Waals surface area contributed by atoms with Gasteiger partial charge in [0, 0.05) is 5.56 Å². The highest BCUT2D eigenvalue weighted by Crippen LogP contribution is 2.33. The van der Waals surface area contributed by atoms with E-state index < -0.39 is 0 Å². The van der Waals surface area contributed by atoms with Gasteiger partial charge in [-0.05, 0) is 55.9 Å². The Kier molecular flexibility index (Phi) is 4.99. The van der Waals surface area contributed by atoms with Crippen molar-refractivity contribution in [3.63, 3.8) is 0 Å². The van der Waals surface area contributed by atoms with Crippen LogP contribution in [-0.4, -0.2) is 12.7 Å². The zero-order valence-corrected chi connectivity index (χ0v) is 13.3. The second-order valence-electron chi connectivity index (χ2n) is 5.90. The molecule has 1 aliphatic rings. The lowest BCUT2D eigenvalue weighted by Crippen LogP contribution is -2.10. The predicted octanol–water partition coefficient (Wildman–Crippen LogP) is 5.46. The summed E-state index contributed by atoms with van der Waals surface area (Å²) in [6, 6.07) is 16.6. The van der Waals surface area contributed by atoms with Crippen molar-refractivity contribution in [2.75, 3.05) is 6.61 Å². The number of para-hydroxylation sites is 1. The van der Waals surface area contributed by atoms with E-state index in [0.717, 1.165) is 35.7 Å². The van der Waals surface area contributed by atoms with Gasteiger partial charge in [-0.3, -0.25) is 0 Å². The summed E-state index contributed by atoms with van der Waals surface area (Å²) in [7, 11) is 0. The fourth-order valence-electron chi connectivity index (χ4n) is 2.98. The van der Waals surface area contributed by atoms with Gasteiger partial charge in [-0.2, -0.15) is 0 Å². The molecule has 2 aromatic carbocycles. The Morgan fingerprint density at radius 2 is 1.82 bits per heavy atom. The molecule has 0 spiro atoms. The Morgan fingerprint density at radius 1 is 1.00 bits per heavy atom. The fraction of sp³-hybridized carbons (Fsp3) is 0.400. The summed E-state index contributed by atoms with van der Waals surface area (Å²) in [6.45, 7) is 2.87. The molecule has 0 saturated heterocycles. The van der Waals surface area contributed by atoms with Gasteiger partial charge >= 0.3 is 0 Å². The summed E-state index contributed by atoms with van der Waals surface area (Å²) in [5, 5.41) is 0. The maximum Gasteiger partial charge on any atom is 0.127 e. The quantitative estimate of drug-likeness (QED) is 0.704. The van der Waals surface area contributed by atoms with Crippen LogP contribution in [0.3, 0.4) is 0 Å². The number of hydrogen-bond acceptors (Lipinski definition) is 2. The first-order valence-electron chi connectivity index (χ1n) is 8.35. The van der Waals surface area contributed by atoms with Crippen LogP contribution in [0.4, 0.5) is 0 Å². The van der Waals surface area contributed by atoms with Crippen molar-refractivity contribution in [3.05, 3.63) is 48.5 Å². The lowest BCUT2D eigenvalue weighted by molar-refractivity contribution is 0.210. The topological polar surface area (TPSA) is 18.5 Å². The van der Waals surface area contributed by atoms with Crippen molar-refractivity contribution < 1.29 is 9.47 Å². The first-order chi connectivity index (χ1) is 10.9. The molecular formula is C20H24O2. The zero-order chi connectivity index (χ0) is 15.2. The fourth-order valence-corrected chi connectivity index (χ4v) is 2.98. The summed E-state index contributed by atoms with van der Waals surface area (Å²) in [5.41, 5.74) is 2.29. The van der Waals surface area contributed by atoms with Gasteiger partial charge in [0.25, 0.3) is 0 Å². The van der Waals surface area contributed by atoms with Crippen LogP contribution >= 0.6 is 0 Å². The van der Waals surface area contributed by atoms with E-state index in [1.165, 1.54) is 25.7 Å². The zero-order valence-electron chi connectivity index (χ0n) is 13.3. The minimum Gasteiger partial charge on any atom is -0.493 e. The Bertz CT molecular complexity index is 600. The van der Waals surface area contributed by atoms with Crippen molar-refractivity contribution in [3.8, 4) is 22.6 Å².